The number of aromatic hydroxyl groups is 1. The molecule has 1 aliphatic heterocycles. The summed E-state index contributed by atoms with van der Waals surface area (Å²) in [5, 5.41) is 11.1. The number of Topliss-reactive ketones (excluding diaryl/α,β-unsaturated/α-hetero) is 1. The summed E-state index contributed by atoms with van der Waals surface area (Å²) < 4.78 is 5.35. The van der Waals surface area contributed by atoms with Gasteiger partial charge in [-0.15, -0.1) is 0 Å². The lowest BCUT2D eigenvalue weighted by molar-refractivity contribution is -0.143. The molecule has 1 aromatic rings. The molecule has 37 heavy (non-hydrogen) atoms. The number of phenolic OH excluding ortho intramolecular Hbond substituents is 1. The number of hydrogen-bond donors (Lipinski definition) is 1. The molecule has 7 nitrogen and oxygen atoms in total. The van der Waals surface area contributed by atoms with E-state index in [4.69, 9.17) is 4.74 Å². The Labute approximate surface area is 215 Å². The molecular formula is C30H31NO6. The van der Waals surface area contributed by atoms with Gasteiger partial charge in [0.2, 0.25) is 11.8 Å². The van der Waals surface area contributed by atoms with Crippen molar-refractivity contribution in [1.29, 1.82) is 0 Å². The van der Waals surface area contributed by atoms with Gasteiger partial charge in [-0.25, -0.2) is 0 Å². The van der Waals surface area contributed by atoms with E-state index in [-0.39, 0.29) is 53.3 Å². The monoisotopic (exact) mass is 501 g/mol. The van der Waals surface area contributed by atoms with E-state index < -0.39 is 17.8 Å². The van der Waals surface area contributed by atoms with Gasteiger partial charge >= 0.3 is 0 Å². The van der Waals surface area contributed by atoms with Crippen LogP contribution in [0.3, 0.4) is 0 Å². The van der Waals surface area contributed by atoms with Crippen LogP contribution in [0.25, 0.3) is 0 Å². The van der Waals surface area contributed by atoms with Gasteiger partial charge in [0.15, 0.2) is 23.1 Å². The van der Waals surface area contributed by atoms with Crippen LogP contribution in [-0.4, -0.2) is 46.5 Å². The zero-order chi connectivity index (χ0) is 26.0. The number of hydrogen-bond acceptors (Lipinski definition) is 6. The second kappa shape index (κ2) is 8.82. The zero-order valence-corrected chi connectivity index (χ0v) is 21.2. The normalized spacial score (nSPS) is 30.1. The number of fused-ring (bicyclic) bond motifs is 3. The highest BCUT2D eigenvalue weighted by molar-refractivity contribution is 6.24. The van der Waals surface area contributed by atoms with Gasteiger partial charge in [0.1, 0.15) is 0 Å². The van der Waals surface area contributed by atoms with Crippen molar-refractivity contribution >= 4 is 23.4 Å². The number of amides is 2. The highest BCUT2D eigenvalue weighted by Gasteiger charge is 2.57. The fourth-order valence-electron chi connectivity index (χ4n) is 7.38. The first-order chi connectivity index (χ1) is 17.8. The van der Waals surface area contributed by atoms with E-state index in [1.807, 2.05) is 6.08 Å². The van der Waals surface area contributed by atoms with E-state index in [9.17, 15) is 24.3 Å². The number of carbonyl (C=O) groups excluding carboxylic acids is 4. The Hall–Kier alpha value is -3.48. The summed E-state index contributed by atoms with van der Waals surface area (Å²) in [4.78, 5) is 55.7. The van der Waals surface area contributed by atoms with Crippen LogP contribution >= 0.6 is 0 Å². The quantitative estimate of drug-likeness (QED) is 0.379. The first-order valence-electron chi connectivity index (χ1n) is 13.3. The number of nitrogens with zero attached hydrogens (tertiary/aromatic N) is 1. The maximum Gasteiger partial charge on any atom is 0.233 e. The second-order valence-corrected chi connectivity index (χ2v) is 11.0. The zero-order valence-electron chi connectivity index (χ0n) is 21.2. The number of ketones is 2. The molecular weight excluding hydrogens is 470 g/mol. The molecule has 1 saturated carbocycles. The van der Waals surface area contributed by atoms with Gasteiger partial charge in [-0.3, -0.25) is 24.1 Å². The molecule has 0 spiro atoms. The number of benzene rings is 1. The van der Waals surface area contributed by atoms with Crippen molar-refractivity contribution in [2.24, 2.45) is 17.8 Å². The smallest absolute Gasteiger partial charge is 0.233 e. The Morgan fingerprint density at radius 1 is 1.00 bits per heavy atom. The largest absolute Gasteiger partial charge is 0.504 e. The average molecular weight is 502 g/mol. The van der Waals surface area contributed by atoms with Gasteiger partial charge in [0.25, 0.3) is 0 Å². The van der Waals surface area contributed by atoms with E-state index >= 15 is 0 Å². The number of methoxy groups -OCH3 is 1. The van der Waals surface area contributed by atoms with Crippen LogP contribution in [0.15, 0.2) is 52.6 Å². The highest BCUT2D eigenvalue weighted by atomic mass is 16.5. The predicted octanol–water partition coefficient (Wildman–Crippen LogP) is 4.16. The van der Waals surface area contributed by atoms with E-state index in [0.717, 1.165) is 37.7 Å². The standard InChI is InChI=1S/C30H31NO6/c1-15-13-22(32)21-14-20-17(24(26(21)27(15)33)18-9-6-10-23(37-2)28(18)34)11-12-19-25(20)30(36)31(29(19)35)16-7-4-3-5-8-16/h6,9-11,13,16,19-20,24-25,34H,3-5,7-8,12,14H2,1-2H3/t19-,20+,24+,25-/m0/s1. The maximum atomic E-state index is 13.9. The lowest BCUT2D eigenvalue weighted by atomic mass is 9.59. The Morgan fingerprint density at radius 2 is 1.76 bits per heavy atom. The third-order valence-electron chi connectivity index (χ3n) is 9.10. The summed E-state index contributed by atoms with van der Waals surface area (Å²) in [6.45, 7) is 1.63. The van der Waals surface area contributed by atoms with Crippen LogP contribution < -0.4 is 4.74 Å². The van der Waals surface area contributed by atoms with Crippen molar-refractivity contribution in [1.82, 2.24) is 4.90 Å². The van der Waals surface area contributed by atoms with Crippen molar-refractivity contribution in [3.05, 3.63) is 58.2 Å². The minimum atomic E-state index is -0.684. The number of para-hydroxylation sites is 1. The van der Waals surface area contributed by atoms with Crippen molar-refractivity contribution in [2.45, 2.75) is 63.8 Å². The van der Waals surface area contributed by atoms with Crippen molar-refractivity contribution in [3.8, 4) is 11.5 Å². The summed E-state index contributed by atoms with van der Waals surface area (Å²) >= 11 is 0. The summed E-state index contributed by atoms with van der Waals surface area (Å²) in [5.41, 5.74) is 2.43. The molecule has 0 radical (unpaired) electrons. The van der Waals surface area contributed by atoms with Crippen molar-refractivity contribution in [3.63, 3.8) is 0 Å². The number of imide groups is 1. The van der Waals surface area contributed by atoms with E-state index in [1.54, 1.807) is 25.1 Å². The number of likely N-dealkylation sites (tertiary alicyclic amines) is 1. The number of allylic oxidation sites excluding steroid dienone is 6. The number of rotatable bonds is 3. The summed E-state index contributed by atoms with van der Waals surface area (Å²) in [5.74, 6) is -2.59. The van der Waals surface area contributed by atoms with Crippen molar-refractivity contribution in [2.75, 3.05) is 7.11 Å². The predicted molar refractivity (Wildman–Crippen MR) is 135 cm³/mol. The minimum absolute atomic E-state index is 0.0529. The summed E-state index contributed by atoms with van der Waals surface area (Å²) in [6.07, 6.45) is 8.84. The molecule has 1 saturated heterocycles. The van der Waals surface area contributed by atoms with E-state index in [1.165, 1.54) is 18.1 Å². The Kier molecular flexibility index (Phi) is 5.70. The van der Waals surface area contributed by atoms with Gasteiger partial charge in [-0.2, -0.15) is 0 Å². The van der Waals surface area contributed by atoms with Crippen molar-refractivity contribution < 1.29 is 29.0 Å². The van der Waals surface area contributed by atoms with Crippen LogP contribution in [0, 0.1) is 17.8 Å². The van der Waals surface area contributed by atoms with Gasteiger partial charge < -0.3 is 9.84 Å². The van der Waals surface area contributed by atoms with Gasteiger partial charge in [0.05, 0.1) is 18.9 Å². The first kappa shape index (κ1) is 23.9. The van der Waals surface area contributed by atoms with Gasteiger partial charge in [0, 0.05) is 34.2 Å². The molecule has 0 unspecified atom stereocenters. The van der Waals surface area contributed by atoms with Crippen LogP contribution in [-0.2, 0) is 19.2 Å². The van der Waals surface area contributed by atoms with Crippen LogP contribution in [0.5, 0.6) is 11.5 Å². The fraction of sp³-hybridized carbons (Fsp3) is 0.467. The molecule has 6 rings (SSSR count). The molecule has 0 bridgehead atoms. The average Bonchev–Trinajstić information content (AvgIpc) is 3.16. The second-order valence-electron chi connectivity index (χ2n) is 11.0. The molecule has 4 aliphatic carbocycles. The fourth-order valence-corrected chi connectivity index (χ4v) is 7.38. The van der Waals surface area contributed by atoms with Crippen LogP contribution in [0.2, 0.25) is 0 Å². The summed E-state index contributed by atoms with van der Waals surface area (Å²) in [6, 6.07) is 5.07. The molecule has 5 aliphatic rings. The number of phenols is 1. The van der Waals surface area contributed by atoms with Crippen LogP contribution in [0.4, 0.5) is 0 Å². The maximum absolute atomic E-state index is 13.9. The lowest BCUT2D eigenvalue weighted by Gasteiger charge is -2.42. The third-order valence-corrected chi connectivity index (χ3v) is 9.10. The minimum Gasteiger partial charge on any atom is -0.504 e. The highest BCUT2D eigenvalue weighted by Crippen LogP contribution is 2.57. The van der Waals surface area contributed by atoms with Gasteiger partial charge in [-0.1, -0.05) is 43.0 Å². The molecule has 0 aromatic heterocycles. The third kappa shape index (κ3) is 3.46. The number of carbonyl (C=O) groups is 4. The number of ether oxygens (including phenoxy) is 1. The first-order valence-corrected chi connectivity index (χ1v) is 13.3. The van der Waals surface area contributed by atoms with Gasteiger partial charge in [-0.05, 0) is 50.7 Å². The molecule has 2 amide bonds. The summed E-state index contributed by atoms with van der Waals surface area (Å²) in [7, 11) is 1.46. The van der Waals surface area contributed by atoms with Crippen LogP contribution in [0.1, 0.15) is 63.4 Å². The Balaban J connectivity index is 1.48. The lowest BCUT2D eigenvalue weighted by Crippen LogP contribution is -2.43. The van der Waals surface area contributed by atoms with E-state index in [0.29, 0.717) is 28.7 Å². The molecule has 1 heterocycles. The Morgan fingerprint density at radius 3 is 2.49 bits per heavy atom. The molecule has 1 N–H and O–H groups in total. The van der Waals surface area contributed by atoms with E-state index in [2.05, 4.69) is 0 Å². The molecule has 7 heteroatoms. The Bertz CT molecular complexity index is 1330. The SMILES string of the molecule is COc1cccc([C@H]2C3=CC[C@@H]4C(=O)N(C5CCCCC5)C(=O)[C@@H]4[C@@H]3CC3=C2C(=O)C(C)=CC3=O)c1O. The topological polar surface area (TPSA) is 101 Å². The molecule has 2 fully saturated rings. The molecule has 4 atom stereocenters. The molecule has 1 aromatic carbocycles. The molecule has 192 valence electrons.